The predicted molar refractivity (Wildman–Crippen MR) is 129 cm³/mol. The second-order valence-electron chi connectivity index (χ2n) is 7.39. The van der Waals surface area contributed by atoms with Gasteiger partial charge in [-0.25, -0.2) is 17.8 Å². The molecule has 33 heavy (non-hydrogen) atoms. The number of piperazine rings is 1. The van der Waals surface area contributed by atoms with Crippen molar-refractivity contribution in [1.82, 2.24) is 4.98 Å². The molecule has 1 aromatic heterocycles. The maximum absolute atomic E-state index is 13.4. The van der Waals surface area contributed by atoms with Gasteiger partial charge in [0.25, 0.3) is 10.0 Å². The third kappa shape index (κ3) is 5.26. The molecule has 1 aliphatic rings. The van der Waals surface area contributed by atoms with E-state index in [1.54, 1.807) is 7.11 Å². The number of aromatic nitrogens is 1. The van der Waals surface area contributed by atoms with Crippen molar-refractivity contribution >= 4 is 50.4 Å². The Hall–Kier alpha value is -2.75. The Morgan fingerprint density at radius 1 is 1.00 bits per heavy atom. The van der Waals surface area contributed by atoms with Crippen LogP contribution >= 0.6 is 23.2 Å². The quantitative estimate of drug-likeness (QED) is 0.519. The zero-order valence-electron chi connectivity index (χ0n) is 17.6. The van der Waals surface area contributed by atoms with Gasteiger partial charge in [-0.05, 0) is 36.4 Å². The average molecular weight is 511 g/mol. The molecule has 0 radical (unpaired) electrons. The van der Waals surface area contributed by atoms with Crippen molar-refractivity contribution in [3.63, 3.8) is 0 Å². The second kappa shape index (κ2) is 9.62. The molecule has 0 atom stereocenters. The Morgan fingerprint density at radius 2 is 1.73 bits per heavy atom. The van der Waals surface area contributed by atoms with Crippen molar-refractivity contribution in [2.45, 2.75) is 4.90 Å². The molecular weight excluding hydrogens is 490 g/mol. The molecule has 4 rings (SSSR count). The van der Waals surface area contributed by atoms with Crippen LogP contribution in [0.5, 0.6) is 5.75 Å². The van der Waals surface area contributed by atoms with Crippen molar-refractivity contribution in [3.05, 3.63) is 70.6 Å². The van der Waals surface area contributed by atoms with Crippen LogP contribution in [0.4, 0.5) is 21.6 Å². The minimum Gasteiger partial charge on any atom is -0.497 e. The first-order valence-electron chi connectivity index (χ1n) is 10.0. The van der Waals surface area contributed by atoms with E-state index >= 15 is 0 Å². The first-order chi connectivity index (χ1) is 15.8. The number of rotatable bonds is 6. The summed E-state index contributed by atoms with van der Waals surface area (Å²) in [6.45, 7) is 2.93. The van der Waals surface area contributed by atoms with E-state index < -0.39 is 15.8 Å². The maximum Gasteiger partial charge on any atom is 0.261 e. The molecule has 0 amide bonds. The fourth-order valence-electron chi connectivity index (χ4n) is 3.56. The van der Waals surface area contributed by atoms with Crippen LogP contribution in [0.15, 0.2) is 59.6 Å². The summed E-state index contributed by atoms with van der Waals surface area (Å²) < 4.78 is 46.2. The fraction of sp³-hybridized carbons (Fsp3) is 0.227. The third-order valence-corrected chi connectivity index (χ3v) is 7.22. The lowest BCUT2D eigenvalue weighted by Gasteiger charge is -2.37. The number of pyridine rings is 1. The van der Waals surface area contributed by atoms with Gasteiger partial charge < -0.3 is 14.5 Å². The first kappa shape index (κ1) is 23.4. The predicted octanol–water partition coefficient (Wildman–Crippen LogP) is 4.66. The van der Waals surface area contributed by atoms with Crippen LogP contribution in [0.3, 0.4) is 0 Å². The van der Waals surface area contributed by atoms with Gasteiger partial charge in [0.1, 0.15) is 17.4 Å². The Labute approximate surface area is 201 Å². The number of nitrogens with one attached hydrogen (secondary N) is 1. The monoisotopic (exact) mass is 510 g/mol. The molecule has 1 fully saturated rings. The maximum atomic E-state index is 13.4. The summed E-state index contributed by atoms with van der Waals surface area (Å²) in [5.41, 5.74) is 1.28. The minimum atomic E-state index is -3.98. The summed E-state index contributed by atoms with van der Waals surface area (Å²) in [6.07, 6.45) is 1.40. The van der Waals surface area contributed by atoms with Crippen molar-refractivity contribution in [2.75, 3.05) is 47.8 Å². The van der Waals surface area contributed by atoms with E-state index in [0.29, 0.717) is 23.9 Å². The molecule has 1 aliphatic heterocycles. The smallest absolute Gasteiger partial charge is 0.261 e. The summed E-state index contributed by atoms with van der Waals surface area (Å²) in [5, 5.41) is 0.0413. The van der Waals surface area contributed by atoms with Crippen LogP contribution in [0.2, 0.25) is 10.0 Å². The van der Waals surface area contributed by atoms with Crippen LogP contribution in [-0.2, 0) is 10.0 Å². The molecule has 2 aromatic carbocycles. The molecule has 0 spiro atoms. The number of hydrogen-bond donors (Lipinski definition) is 1. The van der Waals surface area contributed by atoms with Gasteiger partial charge in [0.2, 0.25) is 0 Å². The van der Waals surface area contributed by atoms with Crippen LogP contribution in [0, 0.1) is 5.82 Å². The Balaban J connectivity index is 1.44. The van der Waals surface area contributed by atoms with E-state index in [1.807, 2.05) is 24.3 Å². The molecular formula is C22H21Cl2FN4O3S. The molecule has 0 saturated carbocycles. The molecule has 11 heteroatoms. The largest absolute Gasteiger partial charge is 0.497 e. The van der Waals surface area contributed by atoms with Gasteiger partial charge in [0, 0.05) is 37.9 Å². The first-order valence-corrected chi connectivity index (χ1v) is 12.3. The topological polar surface area (TPSA) is 74.8 Å². The summed E-state index contributed by atoms with van der Waals surface area (Å²) in [6, 6.07) is 12.6. The lowest BCUT2D eigenvalue weighted by Crippen LogP contribution is -2.47. The van der Waals surface area contributed by atoms with E-state index in [9.17, 15) is 12.8 Å². The fourth-order valence-corrected chi connectivity index (χ4v) is 5.15. The van der Waals surface area contributed by atoms with Crippen LogP contribution in [0.1, 0.15) is 0 Å². The Kier molecular flexibility index (Phi) is 6.83. The molecule has 2 heterocycles. The van der Waals surface area contributed by atoms with Crippen LogP contribution in [-0.4, -0.2) is 46.7 Å². The Morgan fingerprint density at radius 3 is 2.39 bits per heavy atom. The lowest BCUT2D eigenvalue weighted by atomic mass is 10.2. The van der Waals surface area contributed by atoms with Gasteiger partial charge in [0.15, 0.2) is 0 Å². The molecule has 0 aliphatic carbocycles. The zero-order valence-corrected chi connectivity index (χ0v) is 20.0. The van der Waals surface area contributed by atoms with E-state index in [2.05, 4.69) is 19.5 Å². The molecule has 3 aromatic rings. The minimum absolute atomic E-state index is 0.164. The summed E-state index contributed by atoms with van der Waals surface area (Å²) in [7, 11) is -2.34. The number of ether oxygens (including phenoxy) is 1. The molecule has 1 N–H and O–H groups in total. The van der Waals surface area contributed by atoms with E-state index in [0.717, 1.165) is 42.7 Å². The van der Waals surface area contributed by atoms with Crippen molar-refractivity contribution in [1.29, 1.82) is 0 Å². The number of benzene rings is 2. The summed E-state index contributed by atoms with van der Waals surface area (Å²) in [5.74, 6) is 0.687. The van der Waals surface area contributed by atoms with Gasteiger partial charge in [-0.1, -0.05) is 29.3 Å². The van der Waals surface area contributed by atoms with Crippen LogP contribution < -0.4 is 19.3 Å². The highest BCUT2D eigenvalue weighted by molar-refractivity contribution is 7.92. The van der Waals surface area contributed by atoms with E-state index in [1.165, 1.54) is 12.3 Å². The van der Waals surface area contributed by atoms with Crippen LogP contribution in [0.25, 0.3) is 0 Å². The molecule has 174 valence electrons. The number of sulfonamides is 1. The second-order valence-corrected chi connectivity index (χ2v) is 9.88. The highest BCUT2D eigenvalue weighted by Crippen LogP contribution is 2.30. The highest BCUT2D eigenvalue weighted by atomic mass is 35.5. The normalized spacial score (nSPS) is 14.3. The van der Waals surface area contributed by atoms with Crippen molar-refractivity contribution in [3.8, 4) is 5.75 Å². The Bertz CT molecular complexity index is 1270. The number of hydrogen-bond acceptors (Lipinski definition) is 6. The summed E-state index contributed by atoms with van der Waals surface area (Å²) >= 11 is 12.1. The number of halogens is 3. The SMILES string of the molecule is COc1cccc(N2CCN(c3ncc(NS(=O)(=O)c4ccc(F)c(Cl)c4)cc3Cl)CC2)c1. The summed E-state index contributed by atoms with van der Waals surface area (Å²) in [4.78, 5) is 8.52. The molecule has 0 unspecified atom stereocenters. The highest BCUT2D eigenvalue weighted by Gasteiger charge is 2.22. The molecule has 7 nitrogen and oxygen atoms in total. The third-order valence-electron chi connectivity index (χ3n) is 5.27. The number of nitrogens with zero attached hydrogens (tertiary/aromatic N) is 3. The average Bonchev–Trinajstić information content (AvgIpc) is 2.81. The number of anilines is 3. The number of methoxy groups -OCH3 is 1. The zero-order chi connectivity index (χ0) is 23.6. The van der Waals surface area contributed by atoms with Gasteiger partial charge in [-0.3, -0.25) is 4.72 Å². The lowest BCUT2D eigenvalue weighted by molar-refractivity contribution is 0.414. The molecule has 1 saturated heterocycles. The van der Waals surface area contributed by atoms with Gasteiger partial charge in [-0.2, -0.15) is 0 Å². The molecule has 0 bridgehead atoms. The van der Waals surface area contributed by atoms with Gasteiger partial charge in [-0.15, -0.1) is 0 Å². The standard InChI is InChI=1S/C22H21Cl2FN4O3S/c1-32-17-4-2-3-16(12-17)28-7-9-29(10-8-28)22-20(24)11-15(14-26-22)27-33(30,31)18-5-6-21(25)19(23)13-18/h2-6,11-14,27H,7-10H2,1H3. The van der Waals surface area contributed by atoms with Gasteiger partial charge in [0.05, 0.1) is 33.9 Å². The van der Waals surface area contributed by atoms with Gasteiger partial charge >= 0.3 is 0 Å². The van der Waals surface area contributed by atoms with E-state index in [4.69, 9.17) is 27.9 Å². The van der Waals surface area contributed by atoms with E-state index in [-0.39, 0.29) is 15.6 Å². The van der Waals surface area contributed by atoms with Crippen molar-refractivity contribution < 1.29 is 17.5 Å². The van der Waals surface area contributed by atoms with Crippen molar-refractivity contribution in [2.24, 2.45) is 0 Å².